The van der Waals surface area contributed by atoms with E-state index >= 15 is 0 Å². The zero-order chi connectivity index (χ0) is 21.2. The summed E-state index contributed by atoms with van der Waals surface area (Å²) in [5.41, 5.74) is -1.62. The summed E-state index contributed by atoms with van der Waals surface area (Å²) >= 11 is 5.73. The molecule has 2 rings (SSSR count). The summed E-state index contributed by atoms with van der Waals surface area (Å²) in [5, 5.41) is 19.1. The minimum Gasteiger partial charge on any atom is -0.436 e. The Kier molecular flexibility index (Phi) is 6.02. The van der Waals surface area contributed by atoms with E-state index < -0.39 is 39.6 Å². The number of nitro groups is 1. The van der Waals surface area contributed by atoms with Gasteiger partial charge in [0.15, 0.2) is 5.69 Å². The molecule has 2 N–H and O–H groups in total. The standard InChI is InChI=1S/C15H15ClF3N5O4/c1-7(13(25)20-2)21-9-6-8(4-5-10(9)24(26)27)28-14-11(16)12(15(17,18)19)23(3)22-14/h4-7,21H,1-3H3,(H,20,25)/t7-/m0/s1. The summed E-state index contributed by atoms with van der Waals surface area (Å²) in [5.74, 6) is -1.01. The number of benzene rings is 1. The van der Waals surface area contributed by atoms with E-state index in [0.717, 1.165) is 19.2 Å². The number of ether oxygens (including phenoxy) is 1. The highest BCUT2D eigenvalue weighted by Crippen LogP contribution is 2.41. The van der Waals surface area contributed by atoms with Crippen LogP contribution in [0.5, 0.6) is 11.6 Å². The molecule has 0 aliphatic heterocycles. The molecular weight excluding hydrogens is 407 g/mol. The zero-order valence-corrected chi connectivity index (χ0v) is 15.6. The van der Waals surface area contributed by atoms with Crippen molar-refractivity contribution in [3.05, 3.63) is 39.0 Å². The first-order valence-electron chi connectivity index (χ1n) is 7.69. The van der Waals surface area contributed by atoms with Crippen LogP contribution in [0.4, 0.5) is 24.5 Å². The molecule has 0 saturated heterocycles. The first-order valence-corrected chi connectivity index (χ1v) is 8.07. The smallest absolute Gasteiger partial charge is 0.434 e. The maximum atomic E-state index is 13.0. The highest BCUT2D eigenvalue weighted by Gasteiger charge is 2.39. The molecule has 152 valence electrons. The normalized spacial score (nSPS) is 12.4. The lowest BCUT2D eigenvalue weighted by Crippen LogP contribution is -2.35. The Bertz CT molecular complexity index is 916. The van der Waals surface area contributed by atoms with E-state index in [1.807, 2.05) is 0 Å². The number of nitrogens with one attached hydrogen (secondary N) is 2. The maximum absolute atomic E-state index is 13.0. The fraction of sp³-hybridized carbons (Fsp3) is 0.333. The average molecular weight is 422 g/mol. The minimum absolute atomic E-state index is 0.0640. The molecule has 0 bridgehead atoms. The van der Waals surface area contributed by atoms with Gasteiger partial charge in [-0.25, -0.2) is 0 Å². The number of nitro benzene ring substituents is 1. The molecule has 0 aliphatic carbocycles. The summed E-state index contributed by atoms with van der Waals surface area (Å²) in [6, 6.07) is 2.59. The third-order valence-corrected chi connectivity index (χ3v) is 3.96. The molecule has 1 heterocycles. The third kappa shape index (κ3) is 4.44. The number of rotatable bonds is 6. The van der Waals surface area contributed by atoms with E-state index in [0.29, 0.717) is 4.68 Å². The predicted octanol–water partition coefficient (Wildman–Crippen LogP) is 3.34. The van der Waals surface area contributed by atoms with Crippen LogP contribution >= 0.6 is 11.6 Å². The molecule has 9 nitrogen and oxygen atoms in total. The number of hydrogen-bond acceptors (Lipinski definition) is 6. The predicted molar refractivity (Wildman–Crippen MR) is 93.5 cm³/mol. The molecule has 0 fully saturated rings. The molecule has 2 aromatic rings. The number of likely N-dealkylation sites (N-methyl/N-ethyl adjacent to an activating group) is 1. The Balaban J connectivity index is 2.39. The van der Waals surface area contributed by atoms with Crippen LogP contribution in [-0.2, 0) is 18.0 Å². The van der Waals surface area contributed by atoms with Gasteiger partial charge in [0.2, 0.25) is 5.91 Å². The Morgan fingerprint density at radius 3 is 2.57 bits per heavy atom. The third-order valence-electron chi connectivity index (χ3n) is 3.62. The number of amides is 1. The van der Waals surface area contributed by atoms with Gasteiger partial charge in [-0.15, -0.1) is 5.10 Å². The molecule has 0 radical (unpaired) electrons. The minimum atomic E-state index is -4.74. The number of alkyl halides is 3. The van der Waals surface area contributed by atoms with Crippen LogP contribution in [0.1, 0.15) is 12.6 Å². The largest absolute Gasteiger partial charge is 0.436 e. The summed E-state index contributed by atoms with van der Waals surface area (Å²) in [7, 11) is 2.45. The highest BCUT2D eigenvalue weighted by atomic mass is 35.5. The van der Waals surface area contributed by atoms with E-state index in [1.54, 1.807) is 0 Å². The number of halogens is 4. The number of hydrogen-bond donors (Lipinski definition) is 2. The number of carbonyl (C=O) groups excluding carboxylic acids is 1. The Morgan fingerprint density at radius 1 is 1.43 bits per heavy atom. The van der Waals surface area contributed by atoms with Crippen LogP contribution in [0.15, 0.2) is 18.2 Å². The van der Waals surface area contributed by atoms with Crippen LogP contribution in [0.3, 0.4) is 0 Å². The van der Waals surface area contributed by atoms with E-state index in [1.165, 1.54) is 20.0 Å². The zero-order valence-electron chi connectivity index (χ0n) is 14.8. The van der Waals surface area contributed by atoms with Gasteiger partial charge in [-0.05, 0) is 13.0 Å². The fourth-order valence-electron chi connectivity index (χ4n) is 2.33. The van der Waals surface area contributed by atoms with E-state index in [-0.39, 0.29) is 17.1 Å². The van der Waals surface area contributed by atoms with Crippen molar-refractivity contribution in [1.29, 1.82) is 0 Å². The van der Waals surface area contributed by atoms with Crippen molar-refractivity contribution < 1.29 is 27.6 Å². The number of nitrogens with zero attached hydrogens (tertiary/aromatic N) is 3. The van der Waals surface area contributed by atoms with Gasteiger partial charge in [-0.2, -0.15) is 13.2 Å². The molecule has 0 unspecified atom stereocenters. The molecule has 28 heavy (non-hydrogen) atoms. The molecular formula is C15H15ClF3N5O4. The van der Waals surface area contributed by atoms with Crippen LogP contribution in [-0.4, -0.2) is 33.7 Å². The van der Waals surface area contributed by atoms with Crippen LogP contribution in [0, 0.1) is 10.1 Å². The van der Waals surface area contributed by atoms with Crippen LogP contribution in [0.2, 0.25) is 5.02 Å². The lowest BCUT2D eigenvalue weighted by Gasteiger charge is -2.14. The molecule has 1 aromatic heterocycles. The molecule has 0 spiro atoms. The van der Waals surface area contributed by atoms with E-state index in [4.69, 9.17) is 16.3 Å². The van der Waals surface area contributed by atoms with Crippen LogP contribution in [0.25, 0.3) is 0 Å². The first-order chi connectivity index (χ1) is 13.0. The maximum Gasteiger partial charge on any atom is 0.434 e. The van der Waals surface area contributed by atoms with Crippen molar-refractivity contribution >= 4 is 28.9 Å². The van der Waals surface area contributed by atoms with Gasteiger partial charge in [0, 0.05) is 26.2 Å². The summed E-state index contributed by atoms with van der Waals surface area (Å²) < 4.78 is 44.8. The SMILES string of the molecule is CNC(=O)[C@H](C)Nc1cc(Oc2nn(C)c(C(F)(F)F)c2Cl)ccc1[N+](=O)[O-]. The molecule has 1 atom stereocenters. The van der Waals surface area contributed by atoms with Crippen molar-refractivity contribution in [1.82, 2.24) is 15.1 Å². The lowest BCUT2D eigenvalue weighted by molar-refractivity contribution is -0.384. The van der Waals surface area contributed by atoms with Gasteiger partial charge < -0.3 is 15.4 Å². The second kappa shape index (κ2) is 7.92. The molecule has 0 aliphatic rings. The number of carbonyl (C=O) groups is 1. The number of anilines is 1. The van der Waals surface area contributed by atoms with E-state index in [9.17, 15) is 28.1 Å². The molecule has 0 saturated carbocycles. The highest BCUT2D eigenvalue weighted by molar-refractivity contribution is 6.32. The van der Waals surface area contributed by atoms with Crippen LogP contribution < -0.4 is 15.4 Å². The Morgan fingerprint density at radius 2 is 2.07 bits per heavy atom. The molecule has 13 heteroatoms. The summed E-state index contributed by atoms with van der Waals surface area (Å²) in [4.78, 5) is 22.1. The molecule has 1 amide bonds. The van der Waals surface area contributed by atoms with Crippen molar-refractivity contribution in [2.75, 3.05) is 12.4 Å². The second-order valence-corrected chi connectivity index (χ2v) is 5.99. The van der Waals surface area contributed by atoms with Gasteiger partial charge in [-0.1, -0.05) is 11.6 Å². The summed E-state index contributed by atoms with van der Waals surface area (Å²) in [6.45, 7) is 1.47. The van der Waals surface area contributed by atoms with Crippen molar-refractivity contribution in [2.45, 2.75) is 19.1 Å². The van der Waals surface area contributed by atoms with Gasteiger partial charge in [-0.3, -0.25) is 19.6 Å². The Hall–Kier alpha value is -3.02. The van der Waals surface area contributed by atoms with Gasteiger partial charge in [0.25, 0.3) is 11.6 Å². The van der Waals surface area contributed by atoms with Gasteiger partial charge in [0.05, 0.1) is 4.92 Å². The topological polar surface area (TPSA) is 111 Å². The van der Waals surface area contributed by atoms with Crippen molar-refractivity contribution in [3.8, 4) is 11.6 Å². The molecule has 1 aromatic carbocycles. The first kappa shape index (κ1) is 21.3. The monoisotopic (exact) mass is 421 g/mol. The van der Waals surface area contributed by atoms with Crippen molar-refractivity contribution in [2.24, 2.45) is 7.05 Å². The van der Waals surface area contributed by atoms with Gasteiger partial charge >= 0.3 is 6.18 Å². The number of aryl methyl sites for hydroxylation is 1. The lowest BCUT2D eigenvalue weighted by atomic mass is 10.2. The average Bonchev–Trinajstić information content (AvgIpc) is 2.87. The van der Waals surface area contributed by atoms with Gasteiger partial charge in [0.1, 0.15) is 22.5 Å². The quantitative estimate of drug-likeness (QED) is 0.546. The van der Waals surface area contributed by atoms with E-state index in [2.05, 4.69) is 15.7 Å². The summed E-state index contributed by atoms with van der Waals surface area (Å²) in [6.07, 6.45) is -4.74. The number of aromatic nitrogens is 2. The second-order valence-electron chi connectivity index (χ2n) is 5.61. The fourth-order valence-corrected chi connectivity index (χ4v) is 2.63. The van der Waals surface area contributed by atoms with Crippen molar-refractivity contribution in [3.63, 3.8) is 0 Å². The Labute approximate surface area is 161 Å².